The Hall–Kier alpha value is -1.85. The van der Waals surface area contributed by atoms with Crippen molar-refractivity contribution in [2.45, 2.75) is 31.1 Å². The molecule has 2 aromatic carbocycles. The molecule has 0 N–H and O–H groups in total. The molecule has 2 aromatic rings. The third-order valence-electron chi connectivity index (χ3n) is 3.74. The summed E-state index contributed by atoms with van der Waals surface area (Å²) in [5.41, 5.74) is 1.49. The van der Waals surface area contributed by atoms with E-state index in [2.05, 4.69) is 0 Å². The van der Waals surface area contributed by atoms with Crippen molar-refractivity contribution in [1.82, 2.24) is 0 Å². The van der Waals surface area contributed by atoms with Gasteiger partial charge >= 0.3 is 0 Å². The second-order valence-electron chi connectivity index (χ2n) is 6.15. The summed E-state index contributed by atoms with van der Waals surface area (Å²) in [7, 11) is -2.16. The lowest BCUT2D eigenvalue weighted by Crippen LogP contribution is -2.26. The van der Waals surface area contributed by atoms with Crippen molar-refractivity contribution in [3.63, 3.8) is 0 Å². The minimum atomic E-state index is -3.77. The Bertz CT molecular complexity index is 762. The van der Waals surface area contributed by atoms with Crippen molar-refractivity contribution in [3.05, 3.63) is 59.7 Å². The molecular formula is C18H22O4S. The largest absolute Gasteiger partial charge is 0.497 e. The van der Waals surface area contributed by atoms with Crippen LogP contribution in [-0.2, 0) is 19.7 Å². The van der Waals surface area contributed by atoms with Gasteiger partial charge < -0.3 is 4.74 Å². The maximum atomic E-state index is 12.3. The quantitative estimate of drug-likeness (QED) is 0.756. The average molecular weight is 334 g/mol. The van der Waals surface area contributed by atoms with E-state index < -0.39 is 15.5 Å². The van der Waals surface area contributed by atoms with E-state index in [0.29, 0.717) is 0 Å². The Kier molecular flexibility index (Phi) is 5.12. The van der Waals surface area contributed by atoms with Crippen molar-refractivity contribution in [3.8, 4) is 5.75 Å². The summed E-state index contributed by atoms with van der Waals surface area (Å²) in [6.45, 7) is 5.83. The lowest BCUT2D eigenvalue weighted by molar-refractivity contribution is 0.245. The summed E-state index contributed by atoms with van der Waals surface area (Å²) >= 11 is 0. The molecule has 0 unspecified atom stereocenters. The van der Waals surface area contributed by atoms with E-state index in [9.17, 15) is 8.42 Å². The molecule has 0 heterocycles. The molecular weight excluding hydrogens is 312 g/mol. The summed E-state index contributed by atoms with van der Waals surface area (Å²) in [4.78, 5) is 0.171. The third-order valence-corrected chi connectivity index (χ3v) is 5.01. The monoisotopic (exact) mass is 334 g/mol. The zero-order valence-electron chi connectivity index (χ0n) is 13.9. The molecule has 0 aliphatic carbocycles. The van der Waals surface area contributed by atoms with Gasteiger partial charge in [0.25, 0.3) is 10.1 Å². The van der Waals surface area contributed by atoms with Gasteiger partial charge in [0.1, 0.15) is 5.75 Å². The van der Waals surface area contributed by atoms with Gasteiger partial charge in [-0.2, -0.15) is 8.42 Å². The maximum absolute atomic E-state index is 12.3. The smallest absolute Gasteiger partial charge is 0.297 e. The summed E-state index contributed by atoms with van der Waals surface area (Å²) in [6, 6.07) is 14.2. The van der Waals surface area contributed by atoms with E-state index in [1.165, 1.54) is 0 Å². The molecule has 0 radical (unpaired) electrons. The van der Waals surface area contributed by atoms with E-state index in [-0.39, 0.29) is 11.5 Å². The highest BCUT2D eigenvalue weighted by Crippen LogP contribution is 2.28. The van der Waals surface area contributed by atoms with Crippen LogP contribution in [0.5, 0.6) is 5.75 Å². The van der Waals surface area contributed by atoms with Crippen LogP contribution in [0.3, 0.4) is 0 Å². The molecule has 4 nitrogen and oxygen atoms in total. The van der Waals surface area contributed by atoms with Gasteiger partial charge in [0.2, 0.25) is 0 Å². The molecule has 124 valence electrons. The summed E-state index contributed by atoms with van der Waals surface area (Å²) < 4.78 is 35.1. The highest BCUT2D eigenvalue weighted by atomic mass is 32.2. The summed E-state index contributed by atoms with van der Waals surface area (Å²) in [6.07, 6.45) is 0. The fraction of sp³-hybridized carbons (Fsp3) is 0.333. The number of hydrogen-bond donors (Lipinski definition) is 0. The Labute approximate surface area is 138 Å². The number of rotatable bonds is 6. The first kappa shape index (κ1) is 17.5. The summed E-state index contributed by atoms with van der Waals surface area (Å²) in [5, 5.41) is 0. The van der Waals surface area contributed by atoms with Crippen molar-refractivity contribution in [2.75, 3.05) is 13.7 Å². The number of methoxy groups -OCH3 is 1. The SMILES string of the molecule is COc1cccc(C(C)(C)COS(=O)(=O)c2ccc(C)cc2)c1. The third kappa shape index (κ3) is 4.33. The fourth-order valence-corrected chi connectivity index (χ4v) is 3.18. The first-order valence-corrected chi connectivity index (χ1v) is 8.76. The van der Waals surface area contributed by atoms with E-state index in [1.807, 2.05) is 45.0 Å². The van der Waals surface area contributed by atoms with Crippen LogP contribution in [0.4, 0.5) is 0 Å². The van der Waals surface area contributed by atoms with Gasteiger partial charge in [0, 0.05) is 5.41 Å². The highest BCUT2D eigenvalue weighted by Gasteiger charge is 2.26. The topological polar surface area (TPSA) is 52.6 Å². The van der Waals surface area contributed by atoms with Crippen molar-refractivity contribution >= 4 is 10.1 Å². The van der Waals surface area contributed by atoms with Gasteiger partial charge in [-0.15, -0.1) is 0 Å². The minimum Gasteiger partial charge on any atom is -0.497 e. The van der Waals surface area contributed by atoms with Crippen LogP contribution in [0, 0.1) is 6.92 Å². The van der Waals surface area contributed by atoms with E-state index >= 15 is 0 Å². The zero-order chi connectivity index (χ0) is 17.1. The van der Waals surface area contributed by atoms with E-state index in [4.69, 9.17) is 8.92 Å². The Balaban J connectivity index is 2.15. The van der Waals surface area contributed by atoms with Crippen LogP contribution < -0.4 is 4.74 Å². The normalized spacial score (nSPS) is 12.2. The predicted octanol–water partition coefficient (Wildman–Crippen LogP) is 3.69. The molecule has 5 heteroatoms. The van der Waals surface area contributed by atoms with Gasteiger partial charge in [-0.05, 0) is 36.8 Å². The average Bonchev–Trinajstić information content (AvgIpc) is 2.54. The lowest BCUT2D eigenvalue weighted by Gasteiger charge is -2.25. The van der Waals surface area contributed by atoms with Crippen molar-refractivity contribution in [1.29, 1.82) is 0 Å². The number of hydrogen-bond acceptors (Lipinski definition) is 4. The second-order valence-corrected chi connectivity index (χ2v) is 7.76. The fourth-order valence-electron chi connectivity index (χ4n) is 2.13. The molecule has 0 bridgehead atoms. The number of ether oxygens (including phenoxy) is 1. The van der Waals surface area contributed by atoms with Crippen LogP contribution in [0.15, 0.2) is 53.4 Å². The first-order chi connectivity index (χ1) is 10.7. The van der Waals surface area contributed by atoms with Crippen LogP contribution in [0.2, 0.25) is 0 Å². The second kappa shape index (κ2) is 6.72. The van der Waals surface area contributed by atoms with E-state index in [1.54, 1.807) is 31.4 Å². The van der Waals surface area contributed by atoms with Gasteiger partial charge in [0.05, 0.1) is 18.6 Å². The number of aryl methyl sites for hydroxylation is 1. The zero-order valence-corrected chi connectivity index (χ0v) is 14.7. The van der Waals surface area contributed by atoms with Crippen LogP contribution in [0.1, 0.15) is 25.0 Å². The Morgan fingerprint density at radius 1 is 1.04 bits per heavy atom. The molecule has 0 aromatic heterocycles. The van der Waals surface area contributed by atoms with Crippen LogP contribution in [0.25, 0.3) is 0 Å². The molecule has 0 amide bonds. The van der Waals surface area contributed by atoms with Gasteiger partial charge in [0.15, 0.2) is 0 Å². The van der Waals surface area contributed by atoms with Crippen LogP contribution in [-0.4, -0.2) is 22.1 Å². The predicted molar refractivity (Wildman–Crippen MR) is 90.3 cm³/mol. The standard InChI is InChI=1S/C18H22O4S/c1-14-8-10-17(11-9-14)23(19,20)22-13-18(2,3)15-6-5-7-16(12-15)21-4/h5-12H,13H2,1-4H3. The van der Waals surface area contributed by atoms with Crippen molar-refractivity contribution in [2.24, 2.45) is 0 Å². The Morgan fingerprint density at radius 2 is 1.70 bits per heavy atom. The molecule has 0 atom stereocenters. The molecule has 2 rings (SSSR count). The number of benzene rings is 2. The molecule has 0 spiro atoms. The summed E-state index contributed by atoms with van der Waals surface area (Å²) in [5.74, 6) is 0.733. The molecule has 0 aliphatic rings. The van der Waals surface area contributed by atoms with Gasteiger partial charge in [-0.1, -0.05) is 43.7 Å². The van der Waals surface area contributed by atoms with Gasteiger partial charge in [-0.3, -0.25) is 4.18 Å². The minimum absolute atomic E-state index is 0.0520. The van der Waals surface area contributed by atoms with E-state index in [0.717, 1.165) is 16.9 Å². The molecule has 0 saturated heterocycles. The maximum Gasteiger partial charge on any atom is 0.297 e. The van der Waals surface area contributed by atoms with Gasteiger partial charge in [-0.25, -0.2) is 0 Å². The van der Waals surface area contributed by atoms with Crippen molar-refractivity contribution < 1.29 is 17.3 Å². The molecule has 0 aliphatic heterocycles. The molecule has 23 heavy (non-hydrogen) atoms. The van der Waals surface area contributed by atoms with Crippen LogP contribution >= 0.6 is 0 Å². The molecule has 0 saturated carbocycles. The first-order valence-electron chi connectivity index (χ1n) is 7.35. The lowest BCUT2D eigenvalue weighted by atomic mass is 9.85. The highest BCUT2D eigenvalue weighted by molar-refractivity contribution is 7.86. The molecule has 0 fully saturated rings. The Morgan fingerprint density at radius 3 is 2.30 bits per heavy atom.